The van der Waals surface area contributed by atoms with Gasteiger partial charge in [0.25, 0.3) is 11.8 Å². The number of aromatic nitrogens is 2. The molecule has 15 nitrogen and oxygen atoms in total. The van der Waals surface area contributed by atoms with Gasteiger partial charge < -0.3 is 30.1 Å². The van der Waals surface area contributed by atoms with Crippen molar-refractivity contribution in [3.8, 4) is 11.6 Å². The van der Waals surface area contributed by atoms with E-state index in [1.165, 1.54) is 25.0 Å². The standard InChI is InChI=1S/C34H43ClN6O9S/c1-5-7-8-9-10-11-24(38-32(45)46)30(43)41-19-22(50-29-27(35)36-23-13-12-21(49-4)16-25(23)37-29)17-26(41)28(42)39-34(18-20(34)6-2)31(44)40-51(47,48)33(3)14-15-33/h5-6,12-13,16,20,22,24,26,38H,1-2,7-11,14-15,17-19H2,3-4H3,(H,39,42)(H,40,44)(H,45,46)/t20-,22-,24?,26+,34-/m1/s1. The van der Waals surface area contributed by atoms with Gasteiger partial charge in [-0.1, -0.05) is 36.6 Å². The highest BCUT2D eigenvalue weighted by atomic mass is 35.5. The number of halogens is 1. The fourth-order valence-electron chi connectivity index (χ4n) is 6.27. The summed E-state index contributed by atoms with van der Waals surface area (Å²) in [5.74, 6) is -2.40. The van der Waals surface area contributed by atoms with Gasteiger partial charge in [-0.05, 0) is 57.6 Å². The molecule has 17 heteroatoms. The summed E-state index contributed by atoms with van der Waals surface area (Å²) in [5.41, 5.74) is -0.712. The minimum atomic E-state index is -4.02. The van der Waals surface area contributed by atoms with Crippen LogP contribution in [0.3, 0.4) is 0 Å². The van der Waals surface area contributed by atoms with Gasteiger partial charge in [0.1, 0.15) is 29.5 Å². The van der Waals surface area contributed by atoms with Crippen molar-refractivity contribution in [1.29, 1.82) is 0 Å². The van der Waals surface area contributed by atoms with E-state index >= 15 is 0 Å². The summed E-state index contributed by atoms with van der Waals surface area (Å²) in [6, 6.07) is 2.60. The van der Waals surface area contributed by atoms with Crippen LogP contribution in [0.2, 0.25) is 5.15 Å². The first-order chi connectivity index (χ1) is 24.2. The summed E-state index contributed by atoms with van der Waals surface area (Å²) < 4.78 is 38.3. The normalized spacial score (nSPS) is 23.8. The Bertz CT molecular complexity index is 1840. The molecule has 5 rings (SSSR count). The third-order valence-corrected chi connectivity index (χ3v) is 12.2. The molecule has 2 heterocycles. The minimum absolute atomic E-state index is 0.0538. The van der Waals surface area contributed by atoms with Crippen LogP contribution in [0.5, 0.6) is 11.6 Å². The third kappa shape index (κ3) is 8.22. The molecule has 1 unspecified atom stereocenters. The summed E-state index contributed by atoms with van der Waals surface area (Å²) in [6.07, 6.45) is 4.79. The molecule has 4 amide bonds. The fourth-order valence-corrected chi connectivity index (χ4v) is 7.76. The number of allylic oxidation sites excluding steroid dienone is 1. The number of nitrogens with zero attached hydrogens (tertiary/aromatic N) is 3. The van der Waals surface area contributed by atoms with E-state index in [1.54, 1.807) is 24.3 Å². The Morgan fingerprint density at radius 1 is 1.16 bits per heavy atom. The molecule has 3 fully saturated rings. The average Bonchev–Trinajstić information content (AvgIpc) is 3.97. The van der Waals surface area contributed by atoms with Crippen LogP contribution in [0.1, 0.15) is 64.7 Å². The summed E-state index contributed by atoms with van der Waals surface area (Å²) in [5, 5.41) is 14.5. The van der Waals surface area contributed by atoms with Gasteiger partial charge in [0.05, 0.1) is 29.4 Å². The number of unbranched alkanes of at least 4 members (excludes halogenated alkanes) is 3. The van der Waals surface area contributed by atoms with Crippen molar-refractivity contribution in [2.24, 2.45) is 5.92 Å². The highest BCUT2D eigenvalue weighted by Gasteiger charge is 2.63. The maximum atomic E-state index is 14.1. The average molecular weight is 747 g/mol. The molecule has 1 aliphatic heterocycles. The number of hydrogen-bond acceptors (Lipinski definition) is 10. The molecule has 0 bridgehead atoms. The molecular formula is C34H43ClN6O9S. The van der Waals surface area contributed by atoms with E-state index in [1.807, 2.05) is 0 Å². The first-order valence-electron chi connectivity index (χ1n) is 16.8. The smallest absolute Gasteiger partial charge is 0.405 e. The largest absolute Gasteiger partial charge is 0.497 e. The molecule has 276 valence electrons. The van der Waals surface area contributed by atoms with E-state index in [9.17, 15) is 32.7 Å². The minimum Gasteiger partial charge on any atom is -0.497 e. The monoisotopic (exact) mass is 746 g/mol. The first-order valence-corrected chi connectivity index (χ1v) is 18.6. The highest BCUT2D eigenvalue weighted by molar-refractivity contribution is 7.91. The van der Waals surface area contributed by atoms with Crippen molar-refractivity contribution in [1.82, 2.24) is 30.2 Å². The molecule has 1 aromatic heterocycles. The van der Waals surface area contributed by atoms with Crippen LogP contribution in [-0.4, -0.2) is 94.3 Å². The number of nitrogens with one attached hydrogen (secondary N) is 3. The van der Waals surface area contributed by atoms with Gasteiger partial charge in [0.2, 0.25) is 21.8 Å². The Balaban J connectivity index is 1.41. The Labute approximate surface area is 301 Å². The van der Waals surface area contributed by atoms with Gasteiger partial charge in [0.15, 0.2) is 5.15 Å². The van der Waals surface area contributed by atoms with Crippen LogP contribution in [-0.2, 0) is 24.4 Å². The van der Waals surface area contributed by atoms with Crippen LogP contribution >= 0.6 is 11.6 Å². The molecule has 4 N–H and O–H groups in total. The summed E-state index contributed by atoms with van der Waals surface area (Å²) in [4.78, 5) is 63.5. The topological polar surface area (TPSA) is 206 Å². The second-order valence-corrected chi connectivity index (χ2v) is 16.0. The first kappa shape index (κ1) is 37.8. The van der Waals surface area contributed by atoms with Gasteiger partial charge in [-0.3, -0.25) is 19.1 Å². The third-order valence-electron chi connectivity index (χ3n) is 9.80. The number of amides is 4. The summed E-state index contributed by atoms with van der Waals surface area (Å²) in [6.45, 7) is 8.82. The number of benzene rings is 1. The number of carbonyl (C=O) groups is 4. The van der Waals surface area contributed by atoms with Gasteiger partial charge in [0, 0.05) is 18.4 Å². The van der Waals surface area contributed by atoms with Crippen molar-refractivity contribution in [2.45, 2.75) is 93.2 Å². The van der Waals surface area contributed by atoms with Gasteiger partial charge in [-0.15, -0.1) is 13.2 Å². The zero-order chi connectivity index (χ0) is 37.1. The van der Waals surface area contributed by atoms with Crippen molar-refractivity contribution in [2.75, 3.05) is 13.7 Å². The SMILES string of the molecule is C=CCCCCCC(NC(=O)O)C(=O)N1C[C@H](Oc2nc3cc(OC)ccc3nc2Cl)C[C@H]1C(=O)N[C@]1(C(=O)NS(=O)(=O)C2(C)CC2)C[C@H]1C=C. The Kier molecular flexibility index (Phi) is 11.1. The molecule has 0 spiro atoms. The molecule has 1 aromatic carbocycles. The predicted molar refractivity (Wildman–Crippen MR) is 188 cm³/mol. The summed E-state index contributed by atoms with van der Waals surface area (Å²) in [7, 11) is -2.51. The maximum absolute atomic E-state index is 14.1. The Hall–Kier alpha value is -4.44. The molecular weight excluding hydrogens is 704 g/mol. The van der Waals surface area contributed by atoms with Crippen molar-refractivity contribution >= 4 is 56.5 Å². The van der Waals surface area contributed by atoms with Crippen LogP contribution in [0.4, 0.5) is 4.79 Å². The zero-order valence-electron chi connectivity index (χ0n) is 28.5. The predicted octanol–water partition coefficient (Wildman–Crippen LogP) is 3.47. The number of carboxylic acid groups (broad SMARTS) is 1. The molecule has 1 saturated heterocycles. The lowest BCUT2D eigenvalue weighted by Crippen LogP contribution is -2.58. The lowest BCUT2D eigenvalue weighted by molar-refractivity contribution is -0.141. The van der Waals surface area contributed by atoms with Crippen LogP contribution in [0.15, 0.2) is 43.5 Å². The number of likely N-dealkylation sites (tertiary alicyclic amines) is 1. The van der Waals surface area contributed by atoms with E-state index in [0.717, 1.165) is 19.3 Å². The number of rotatable bonds is 17. The molecule has 2 saturated carbocycles. The number of sulfonamides is 1. The van der Waals surface area contributed by atoms with Crippen molar-refractivity contribution in [3.63, 3.8) is 0 Å². The van der Waals surface area contributed by atoms with Gasteiger partial charge >= 0.3 is 6.09 Å². The van der Waals surface area contributed by atoms with Gasteiger partial charge in [-0.2, -0.15) is 0 Å². The van der Waals surface area contributed by atoms with E-state index in [2.05, 4.69) is 38.5 Å². The number of hydrogen-bond donors (Lipinski definition) is 4. The Morgan fingerprint density at radius 2 is 1.90 bits per heavy atom. The zero-order valence-corrected chi connectivity index (χ0v) is 30.1. The maximum Gasteiger partial charge on any atom is 0.405 e. The highest BCUT2D eigenvalue weighted by Crippen LogP contribution is 2.47. The summed E-state index contributed by atoms with van der Waals surface area (Å²) >= 11 is 6.43. The number of methoxy groups -OCH3 is 1. The van der Waals surface area contributed by atoms with E-state index in [4.69, 9.17) is 21.1 Å². The lowest BCUT2D eigenvalue weighted by atomic mass is 10.0. The van der Waals surface area contributed by atoms with E-state index in [-0.39, 0.29) is 36.8 Å². The number of carbonyl (C=O) groups excluding carboxylic acids is 3. The van der Waals surface area contributed by atoms with Crippen molar-refractivity contribution in [3.05, 3.63) is 48.7 Å². The van der Waals surface area contributed by atoms with E-state index in [0.29, 0.717) is 36.0 Å². The number of ether oxygens (including phenoxy) is 2. The number of fused-ring (bicyclic) bond motifs is 1. The molecule has 2 aromatic rings. The molecule has 3 aliphatic rings. The Morgan fingerprint density at radius 3 is 2.53 bits per heavy atom. The fraction of sp³-hybridized carbons (Fsp3) is 0.529. The molecule has 2 aliphatic carbocycles. The van der Waals surface area contributed by atoms with Crippen molar-refractivity contribution < 1.29 is 42.2 Å². The molecule has 5 atom stereocenters. The van der Waals surface area contributed by atoms with Crippen LogP contribution in [0, 0.1) is 5.92 Å². The van der Waals surface area contributed by atoms with E-state index < -0.39 is 68.2 Å². The molecule has 0 radical (unpaired) electrons. The lowest BCUT2D eigenvalue weighted by Gasteiger charge is -2.29. The quantitative estimate of drug-likeness (QED) is 0.136. The van der Waals surface area contributed by atoms with Crippen LogP contribution in [0.25, 0.3) is 11.0 Å². The van der Waals surface area contributed by atoms with Gasteiger partial charge in [-0.25, -0.2) is 23.2 Å². The second-order valence-electron chi connectivity index (χ2n) is 13.5. The second kappa shape index (κ2) is 15.0. The molecule has 51 heavy (non-hydrogen) atoms. The van der Waals surface area contributed by atoms with Crippen LogP contribution < -0.4 is 24.8 Å².